The van der Waals surface area contributed by atoms with Crippen LogP contribution < -0.4 is 5.32 Å². The largest absolute Gasteiger partial charge is 0.354 e. The molecular formula is C33H32FN5O3. The summed E-state index contributed by atoms with van der Waals surface area (Å²) < 4.78 is 16.1. The Morgan fingerprint density at radius 1 is 1.05 bits per heavy atom. The van der Waals surface area contributed by atoms with Crippen LogP contribution in [-0.4, -0.2) is 62.3 Å². The van der Waals surface area contributed by atoms with Gasteiger partial charge in [0.2, 0.25) is 11.8 Å². The van der Waals surface area contributed by atoms with Crippen LogP contribution in [0.1, 0.15) is 52.6 Å². The van der Waals surface area contributed by atoms with Crippen LogP contribution in [0.4, 0.5) is 4.39 Å². The van der Waals surface area contributed by atoms with Gasteiger partial charge in [-0.3, -0.25) is 14.4 Å². The standard InChI is InChI=1S/C33H32FN5O3/c1-22(40)29-20-38(30-13-12-25(15-28(29)30)10-11-26-17-36-23(2)37-18-26)21-32(41)39-19-27(34)16-31(39)33(42)35-14-6-9-24-7-4-3-5-8-24/h3-5,7-8,12-13,15,17-18,20,27,31H,6,9,14,16,19,21H2,1-2H3,(H,35,42)/t27-,31+/m1/s1. The zero-order valence-electron chi connectivity index (χ0n) is 23.6. The molecule has 1 fully saturated rings. The lowest BCUT2D eigenvalue weighted by atomic mass is 10.1. The number of hydrogen-bond donors (Lipinski definition) is 1. The summed E-state index contributed by atoms with van der Waals surface area (Å²) in [6.45, 7) is 3.44. The summed E-state index contributed by atoms with van der Waals surface area (Å²) in [6, 6.07) is 14.5. The van der Waals surface area contributed by atoms with Crippen molar-refractivity contribution in [3.63, 3.8) is 0 Å². The number of aromatic nitrogens is 3. The highest BCUT2D eigenvalue weighted by molar-refractivity contribution is 6.07. The van der Waals surface area contributed by atoms with Crippen molar-refractivity contribution in [1.82, 2.24) is 24.8 Å². The summed E-state index contributed by atoms with van der Waals surface area (Å²) in [5.74, 6) is 5.88. The minimum absolute atomic E-state index is 0.0323. The summed E-state index contributed by atoms with van der Waals surface area (Å²) in [4.78, 5) is 48.4. The van der Waals surface area contributed by atoms with E-state index in [1.807, 2.05) is 48.5 Å². The number of Topliss-reactive ketones (excluding diaryl/α,β-unsaturated/α-hetero) is 1. The number of likely N-dealkylation sites (tertiary alicyclic amines) is 1. The maximum Gasteiger partial charge on any atom is 0.243 e. The van der Waals surface area contributed by atoms with Gasteiger partial charge in [0.05, 0.1) is 12.1 Å². The molecule has 3 heterocycles. The Morgan fingerprint density at radius 2 is 1.79 bits per heavy atom. The summed E-state index contributed by atoms with van der Waals surface area (Å²) >= 11 is 0. The number of carbonyl (C=O) groups is 3. The van der Waals surface area contributed by atoms with Crippen LogP contribution in [0.5, 0.6) is 0 Å². The van der Waals surface area contributed by atoms with Gasteiger partial charge in [0, 0.05) is 53.6 Å². The number of amides is 2. The van der Waals surface area contributed by atoms with Gasteiger partial charge < -0.3 is 14.8 Å². The third kappa shape index (κ3) is 6.72. The fourth-order valence-electron chi connectivity index (χ4n) is 5.20. The Hall–Kier alpha value is -4.84. The number of nitrogens with one attached hydrogen (secondary N) is 1. The molecule has 2 amide bonds. The zero-order chi connectivity index (χ0) is 29.6. The van der Waals surface area contributed by atoms with E-state index >= 15 is 0 Å². The molecule has 1 aliphatic heterocycles. The first kappa shape index (κ1) is 28.7. The normalized spacial score (nSPS) is 16.2. The lowest BCUT2D eigenvalue weighted by Gasteiger charge is -2.24. The Kier molecular flexibility index (Phi) is 8.72. The van der Waals surface area contributed by atoms with Crippen LogP contribution in [0.2, 0.25) is 0 Å². The highest BCUT2D eigenvalue weighted by Crippen LogP contribution is 2.26. The number of rotatable bonds is 8. The Morgan fingerprint density at radius 3 is 2.52 bits per heavy atom. The number of halogens is 1. The number of nitrogens with zero attached hydrogens (tertiary/aromatic N) is 4. The van der Waals surface area contributed by atoms with Gasteiger partial charge in [0.1, 0.15) is 24.6 Å². The first-order valence-corrected chi connectivity index (χ1v) is 14.0. The summed E-state index contributed by atoms with van der Waals surface area (Å²) in [7, 11) is 0. The Bertz CT molecular complexity index is 1670. The molecule has 2 atom stereocenters. The molecule has 2 aromatic carbocycles. The van der Waals surface area contributed by atoms with E-state index in [9.17, 15) is 18.8 Å². The molecule has 214 valence electrons. The Labute approximate surface area is 244 Å². The van der Waals surface area contributed by atoms with E-state index in [0.717, 1.165) is 12.8 Å². The van der Waals surface area contributed by atoms with Gasteiger partial charge in [0.25, 0.3) is 0 Å². The van der Waals surface area contributed by atoms with Gasteiger partial charge in [-0.1, -0.05) is 42.2 Å². The van der Waals surface area contributed by atoms with Crippen LogP contribution in [-0.2, 0) is 22.6 Å². The molecule has 0 aliphatic carbocycles. The molecule has 1 N–H and O–H groups in total. The molecule has 0 spiro atoms. The monoisotopic (exact) mass is 565 g/mol. The molecule has 2 aromatic heterocycles. The Balaban J connectivity index is 1.28. The average Bonchev–Trinajstić information content (AvgIpc) is 3.56. The smallest absolute Gasteiger partial charge is 0.243 e. The third-order valence-corrected chi connectivity index (χ3v) is 7.36. The number of alkyl halides is 1. The zero-order valence-corrected chi connectivity index (χ0v) is 23.6. The van der Waals surface area contributed by atoms with E-state index < -0.39 is 12.2 Å². The summed E-state index contributed by atoms with van der Waals surface area (Å²) in [5, 5.41) is 3.54. The molecule has 8 nitrogen and oxygen atoms in total. The van der Waals surface area contributed by atoms with Crippen molar-refractivity contribution in [3.8, 4) is 11.8 Å². The second-order valence-electron chi connectivity index (χ2n) is 10.5. The molecule has 5 rings (SSSR count). The second kappa shape index (κ2) is 12.8. The maximum atomic E-state index is 14.5. The SMILES string of the molecule is CC(=O)c1cn(CC(=O)N2C[C@H](F)C[C@H]2C(=O)NCCCc2ccccc2)c2ccc(C#Cc3cnc(C)nc3)cc12. The molecule has 1 aliphatic rings. The van der Waals surface area contributed by atoms with Crippen molar-refractivity contribution in [2.75, 3.05) is 13.1 Å². The van der Waals surface area contributed by atoms with Gasteiger partial charge in [0.15, 0.2) is 5.78 Å². The quantitative estimate of drug-likeness (QED) is 0.198. The number of hydrogen-bond acceptors (Lipinski definition) is 5. The number of fused-ring (bicyclic) bond motifs is 1. The topological polar surface area (TPSA) is 97.2 Å². The number of carbonyl (C=O) groups excluding carboxylic acids is 3. The minimum Gasteiger partial charge on any atom is -0.354 e. The average molecular weight is 566 g/mol. The molecule has 0 saturated carbocycles. The van der Waals surface area contributed by atoms with Gasteiger partial charge in [-0.05, 0) is 50.5 Å². The first-order valence-electron chi connectivity index (χ1n) is 14.0. The highest BCUT2D eigenvalue weighted by Gasteiger charge is 2.39. The van der Waals surface area contributed by atoms with E-state index in [0.29, 0.717) is 40.0 Å². The van der Waals surface area contributed by atoms with Crippen molar-refractivity contribution < 1.29 is 18.8 Å². The van der Waals surface area contributed by atoms with Crippen molar-refractivity contribution in [1.29, 1.82) is 0 Å². The number of ketones is 1. The van der Waals surface area contributed by atoms with Crippen molar-refractivity contribution in [2.45, 2.75) is 51.9 Å². The van der Waals surface area contributed by atoms with Crippen LogP contribution in [0.3, 0.4) is 0 Å². The van der Waals surface area contributed by atoms with Gasteiger partial charge in [-0.15, -0.1) is 0 Å². The predicted octanol–water partition coefficient (Wildman–Crippen LogP) is 4.03. The first-order chi connectivity index (χ1) is 20.3. The lowest BCUT2D eigenvalue weighted by molar-refractivity contribution is -0.138. The lowest BCUT2D eigenvalue weighted by Crippen LogP contribution is -2.47. The van der Waals surface area contributed by atoms with Crippen LogP contribution in [0.25, 0.3) is 10.9 Å². The second-order valence-corrected chi connectivity index (χ2v) is 10.5. The highest BCUT2D eigenvalue weighted by atomic mass is 19.1. The fourth-order valence-corrected chi connectivity index (χ4v) is 5.20. The van der Waals surface area contributed by atoms with Crippen LogP contribution >= 0.6 is 0 Å². The van der Waals surface area contributed by atoms with E-state index in [2.05, 4.69) is 27.1 Å². The fraction of sp³-hybridized carbons (Fsp3) is 0.303. The third-order valence-electron chi connectivity index (χ3n) is 7.36. The van der Waals surface area contributed by atoms with Crippen LogP contribution in [0, 0.1) is 18.8 Å². The van der Waals surface area contributed by atoms with E-state index in [1.165, 1.54) is 17.4 Å². The minimum atomic E-state index is -1.27. The van der Waals surface area contributed by atoms with E-state index in [-0.39, 0.29) is 37.1 Å². The number of aryl methyl sites for hydroxylation is 2. The van der Waals surface area contributed by atoms with Crippen LogP contribution in [0.15, 0.2) is 67.1 Å². The molecule has 0 bridgehead atoms. The summed E-state index contributed by atoms with van der Waals surface area (Å²) in [5.41, 5.74) is 3.67. The van der Waals surface area contributed by atoms with Crippen molar-refractivity contribution in [3.05, 3.63) is 95.2 Å². The maximum absolute atomic E-state index is 14.5. The van der Waals surface area contributed by atoms with Crippen molar-refractivity contribution >= 4 is 28.5 Å². The van der Waals surface area contributed by atoms with E-state index in [4.69, 9.17) is 0 Å². The summed E-state index contributed by atoms with van der Waals surface area (Å²) in [6.07, 6.45) is 5.18. The van der Waals surface area contributed by atoms with Gasteiger partial charge in [-0.2, -0.15) is 0 Å². The molecule has 1 saturated heterocycles. The number of benzene rings is 2. The van der Waals surface area contributed by atoms with Gasteiger partial charge >= 0.3 is 0 Å². The molecule has 0 unspecified atom stereocenters. The molecule has 0 radical (unpaired) electrons. The molecule has 9 heteroatoms. The predicted molar refractivity (Wildman–Crippen MR) is 157 cm³/mol. The van der Waals surface area contributed by atoms with Crippen molar-refractivity contribution in [2.24, 2.45) is 0 Å². The van der Waals surface area contributed by atoms with E-state index in [1.54, 1.807) is 30.1 Å². The molecular weight excluding hydrogens is 533 g/mol. The van der Waals surface area contributed by atoms with Gasteiger partial charge in [-0.25, -0.2) is 14.4 Å². The molecule has 42 heavy (non-hydrogen) atoms. The molecule has 4 aromatic rings.